The maximum Gasteiger partial charge on any atom is 0.165 e. The fourth-order valence-electron chi connectivity index (χ4n) is 2.96. The summed E-state index contributed by atoms with van der Waals surface area (Å²) >= 11 is 11.0. The fourth-order valence-corrected chi connectivity index (χ4v) is 7.75. The van der Waals surface area contributed by atoms with Gasteiger partial charge in [0.25, 0.3) is 0 Å². The van der Waals surface area contributed by atoms with Crippen LogP contribution in [0.15, 0.2) is 14.8 Å². The van der Waals surface area contributed by atoms with E-state index in [-0.39, 0.29) is 11.6 Å². The molecule has 1 atom stereocenters. The number of hydrogen-bond acceptors (Lipinski definition) is 5. The summed E-state index contributed by atoms with van der Waals surface area (Å²) in [6, 6.07) is 1.76. The molecule has 0 bridgehead atoms. The van der Waals surface area contributed by atoms with Gasteiger partial charge in [-0.15, -0.1) is 11.3 Å². The van der Waals surface area contributed by atoms with Crippen LogP contribution in [0.2, 0.25) is 5.02 Å². The van der Waals surface area contributed by atoms with Crippen LogP contribution in [0.1, 0.15) is 31.1 Å². The van der Waals surface area contributed by atoms with E-state index in [1.807, 2.05) is 0 Å². The summed E-state index contributed by atoms with van der Waals surface area (Å²) in [6.07, 6.45) is 2.06. The van der Waals surface area contributed by atoms with Gasteiger partial charge in [-0.05, 0) is 48.2 Å². The second kappa shape index (κ2) is 4.44. The molecule has 110 valence electrons. The highest BCUT2D eigenvalue weighted by atomic mass is 79.9. The highest BCUT2D eigenvalue weighted by Crippen LogP contribution is 2.49. The van der Waals surface area contributed by atoms with Gasteiger partial charge in [-0.2, -0.15) is 0 Å². The molecule has 1 saturated carbocycles. The number of nitrogens with zero attached hydrogens (tertiary/aromatic N) is 1. The van der Waals surface area contributed by atoms with Crippen molar-refractivity contribution in [3.8, 4) is 0 Å². The molecule has 8 heteroatoms. The molecule has 2 N–H and O–H groups in total. The zero-order valence-electron chi connectivity index (χ0n) is 10.8. The number of thiophene rings is 1. The summed E-state index contributed by atoms with van der Waals surface area (Å²) in [5, 5.41) is 0.528. The normalized spacial score (nSPS) is 30.9. The number of nitrogens with two attached hydrogens (primary N) is 1. The molecule has 3 rings (SSSR count). The lowest BCUT2D eigenvalue weighted by Crippen LogP contribution is -2.61. The van der Waals surface area contributed by atoms with E-state index >= 15 is 0 Å². The predicted octanol–water partition coefficient (Wildman–Crippen LogP) is 3.09. The quantitative estimate of drug-likeness (QED) is 0.791. The van der Waals surface area contributed by atoms with Crippen LogP contribution >= 0.6 is 38.9 Å². The molecule has 1 fully saturated rings. The second-order valence-corrected chi connectivity index (χ2v) is 10.7. The average molecular weight is 398 g/mol. The topological polar surface area (TPSA) is 72.5 Å². The van der Waals surface area contributed by atoms with E-state index in [2.05, 4.69) is 20.9 Å². The minimum atomic E-state index is -3.32. The van der Waals surface area contributed by atoms with Gasteiger partial charge in [0.2, 0.25) is 0 Å². The lowest BCUT2D eigenvalue weighted by atomic mass is 9.82. The highest BCUT2D eigenvalue weighted by Gasteiger charge is 2.58. The molecule has 1 spiro atoms. The van der Waals surface area contributed by atoms with Crippen molar-refractivity contribution in [2.75, 3.05) is 5.75 Å². The van der Waals surface area contributed by atoms with Crippen LogP contribution in [0.5, 0.6) is 0 Å². The third-order valence-corrected chi connectivity index (χ3v) is 9.26. The van der Waals surface area contributed by atoms with Gasteiger partial charge < -0.3 is 5.73 Å². The molecule has 1 unspecified atom stereocenters. The molecule has 0 amide bonds. The Balaban J connectivity index is 2.15. The maximum absolute atomic E-state index is 12.7. The van der Waals surface area contributed by atoms with Crippen LogP contribution < -0.4 is 5.73 Å². The third-order valence-electron chi connectivity index (χ3n) is 4.21. The van der Waals surface area contributed by atoms with E-state index in [1.54, 1.807) is 13.0 Å². The van der Waals surface area contributed by atoms with Crippen LogP contribution in [0, 0.1) is 0 Å². The molecular weight excluding hydrogens is 384 g/mol. The average Bonchev–Trinajstić information content (AvgIpc) is 2.53. The molecule has 0 aromatic carbocycles. The standard InChI is InChI=1S/C12H14BrClN2O2S2/c1-11(9-7(14)5-8(13)19-9)6-20(17,18)12(3-2-4-12)10(15)16-11/h5H,2-4,6H2,1H3,(H2,15,16). The van der Waals surface area contributed by atoms with Crippen LogP contribution in [0.3, 0.4) is 0 Å². The Bertz CT molecular complexity index is 709. The van der Waals surface area contributed by atoms with Gasteiger partial charge in [-0.3, -0.25) is 4.99 Å². The van der Waals surface area contributed by atoms with E-state index in [0.717, 1.165) is 15.1 Å². The largest absolute Gasteiger partial charge is 0.386 e. The molecular formula is C12H14BrClN2O2S2. The summed E-state index contributed by atoms with van der Waals surface area (Å²) in [5.41, 5.74) is 5.15. The summed E-state index contributed by atoms with van der Waals surface area (Å²) < 4.78 is 25.3. The lowest BCUT2D eigenvalue weighted by Gasteiger charge is -2.46. The molecule has 0 saturated heterocycles. The number of halogens is 2. The summed E-state index contributed by atoms with van der Waals surface area (Å²) in [4.78, 5) is 5.29. The Morgan fingerprint density at radius 2 is 2.15 bits per heavy atom. The SMILES string of the molecule is CC1(c2sc(Br)cc2Cl)CS(=O)(=O)C2(CCC2)C(N)=N1. The van der Waals surface area contributed by atoms with E-state index in [0.29, 0.717) is 17.9 Å². The predicted molar refractivity (Wildman–Crippen MR) is 86.4 cm³/mol. The first kappa shape index (κ1) is 14.8. The van der Waals surface area contributed by atoms with Crippen LogP contribution in [0.4, 0.5) is 0 Å². The molecule has 1 aliphatic heterocycles. The molecule has 20 heavy (non-hydrogen) atoms. The Hall–Kier alpha value is -0.110. The number of rotatable bonds is 1. The van der Waals surface area contributed by atoms with Crippen molar-refractivity contribution in [2.24, 2.45) is 10.7 Å². The first-order valence-electron chi connectivity index (χ1n) is 6.24. The fraction of sp³-hybridized carbons (Fsp3) is 0.583. The Kier molecular flexibility index (Phi) is 3.29. The minimum absolute atomic E-state index is 0.0344. The minimum Gasteiger partial charge on any atom is -0.386 e. The molecule has 4 nitrogen and oxygen atoms in total. The van der Waals surface area contributed by atoms with Gasteiger partial charge in [0.1, 0.15) is 16.1 Å². The van der Waals surface area contributed by atoms with Crippen molar-refractivity contribution in [2.45, 2.75) is 36.5 Å². The van der Waals surface area contributed by atoms with Gasteiger partial charge in [0, 0.05) is 0 Å². The van der Waals surface area contributed by atoms with Gasteiger partial charge in [0.05, 0.1) is 19.4 Å². The summed E-state index contributed by atoms with van der Waals surface area (Å²) in [5.74, 6) is 0.214. The van der Waals surface area contributed by atoms with E-state index in [4.69, 9.17) is 17.3 Å². The van der Waals surface area contributed by atoms with Crippen molar-refractivity contribution < 1.29 is 8.42 Å². The molecule has 1 aliphatic carbocycles. The zero-order chi connectivity index (χ0) is 14.8. The van der Waals surface area contributed by atoms with Crippen LogP contribution in [-0.2, 0) is 15.4 Å². The zero-order valence-corrected chi connectivity index (χ0v) is 14.8. The van der Waals surface area contributed by atoms with Crippen LogP contribution in [0.25, 0.3) is 0 Å². The summed E-state index contributed by atoms with van der Waals surface area (Å²) in [7, 11) is -3.32. The van der Waals surface area contributed by atoms with Gasteiger partial charge in [-0.25, -0.2) is 8.42 Å². The number of amidine groups is 1. The van der Waals surface area contributed by atoms with Crippen molar-refractivity contribution in [1.29, 1.82) is 0 Å². The first-order valence-corrected chi connectivity index (χ1v) is 9.88. The number of hydrogen-bond donors (Lipinski definition) is 1. The molecule has 0 radical (unpaired) electrons. The lowest BCUT2D eigenvalue weighted by molar-refractivity contribution is 0.393. The van der Waals surface area contributed by atoms with Crippen LogP contribution in [-0.4, -0.2) is 24.8 Å². The number of sulfone groups is 1. The monoisotopic (exact) mass is 396 g/mol. The third kappa shape index (κ3) is 1.90. The Labute approximate surface area is 135 Å². The summed E-state index contributed by atoms with van der Waals surface area (Å²) in [6.45, 7) is 1.78. The van der Waals surface area contributed by atoms with Crippen molar-refractivity contribution in [3.63, 3.8) is 0 Å². The van der Waals surface area contributed by atoms with E-state index in [1.165, 1.54) is 11.3 Å². The van der Waals surface area contributed by atoms with Crippen molar-refractivity contribution >= 4 is 54.5 Å². The van der Waals surface area contributed by atoms with E-state index < -0.39 is 20.1 Å². The first-order chi connectivity index (χ1) is 9.20. The molecule has 1 aromatic rings. The number of aliphatic imine (C=N–C) groups is 1. The molecule has 2 aliphatic rings. The van der Waals surface area contributed by atoms with Gasteiger partial charge >= 0.3 is 0 Å². The Morgan fingerprint density at radius 3 is 2.55 bits per heavy atom. The van der Waals surface area contributed by atoms with Gasteiger partial charge in [0.15, 0.2) is 9.84 Å². The van der Waals surface area contributed by atoms with E-state index in [9.17, 15) is 8.42 Å². The highest BCUT2D eigenvalue weighted by molar-refractivity contribution is 9.11. The molecule has 2 heterocycles. The van der Waals surface area contributed by atoms with Crippen molar-refractivity contribution in [3.05, 3.63) is 19.8 Å². The van der Waals surface area contributed by atoms with Gasteiger partial charge in [-0.1, -0.05) is 11.6 Å². The molecule has 1 aromatic heterocycles. The smallest absolute Gasteiger partial charge is 0.165 e. The maximum atomic E-state index is 12.7. The second-order valence-electron chi connectivity index (χ2n) is 5.61. The Morgan fingerprint density at radius 1 is 1.50 bits per heavy atom. The van der Waals surface area contributed by atoms with Crippen molar-refractivity contribution in [1.82, 2.24) is 0 Å².